The Morgan fingerprint density at radius 2 is 2.19 bits per heavy atom. The summed E-state index contributed by atoms with van der Waals surface area (Å²) in [5, 5.41) is 2.79. The highest BCUT2D eigenvalue weighted by atomic mass is 32.1. The van der Waals surface area contributed by atoms with Crippen LogP contribution in [0.1, 0.15) is 47.6 Å². The second-order valence-corrected chi connectivity index (χ2v) is 6.94. The molecule has 112 valence electrons. The first-order valence-corrected chi connectivity index (χ1v) is 8.20. The Kier molecular flexibility index (Phi) is 3.80. The van der Waals surface area contributed by atoms with Crippen LogP contribution in [0.4, 0.5) is 0 Å². The van der Waals surface area contributed by atoms with Gasteiger partial charge in [-0.15, -0.1) is 11.3 Å². The van der Waals surface area contributed by atoms with Crippen molar-refractivity contribution in [2.75, 3.05) is 6.54 Å². The van der Waals surface area contributed by atoms with Gasteiger partial charge in [-0.05, 0) is 31.6 Å². The summed E-state index contributed by atoms with van der Waals surface area (Å²) in [7, 11) is 0. The topological polar surface area (TPSA) is 63.5 Å². The van der Waals surface area contributed by atoms with Gasteiger partial charge in [0.15, 0.2) is 4.96 Å². The van der Waals surface area contributed by atoms with Gasteiger partial charge in [0.2, 0.25) is 0 Å². The number of aryl methyl sites for hydroxylation is 2. The van der Waals surface area contributed by atoms with Crippen molar-refractivity contribution in [1.82, 2.24) is 14.7 Å². The van der Waals surface area contributed by atoms with Crippen molar-refractivity contribution >= 4 is 22.2 Å². The molecule has 0 atom stereocenters. The maximum Gasteiger partial charge on any atom is 0.271 e. The molecule has 2 aromatic heterocycles. The van der Waals surface area contributed by atoms with Crippen LogP contribution in [0.3, 0.4) is 0 Å². The number of fused-ring (bicyclic) bond motifs is 3. The molecule has 0 bridgehead atoms. The largest absolute Gasteiger partial charge is 0.352 e. The van der Waals surface area contributed by atoms with E-state index in [1.54, 1.807) is 15.7 Å². The van der Waals surface area contributed by atoms with Crippen LogP contribution >= 0.6 is 11.3 Å². The van der Waals surface area contributed by atoms with Gasteiger partial charge in [-0.2, -0.15) is 0 Å². The fourth-order valence-corrected chi connectivity index (χ4v) is 3.78. The van der Waals surface area contributed by atoms with Gasteiger partial charge in [-0.1, -0.05) is 13.8 Å². The number of aromatic nitrogens is 2. The van der Waals surface area contributed by atoms with Crippen molar-refractivity contribution in [3.63, 3.8) is 0 Å². The molecule has 0 aliphatic heterocycles. The SMILES string of the molecule is CC(C)CNC(=O)c1cnc2sc3c(n2c1=O)CCCC3. The number of hydrogen-bond acceptors (Lipinski definition) is 4. The van der Waals surface area contributed by atoms with Gasteiger partial charge in [0.25, 0.3) is 11.5 Å². The standard InChI is InChI=1S/C15H19N3O2S/c1-9(2)7-16-13(19)10-8-17-15-18(14(10)20)11-5-3-4-6-12(11)21-15/h8-9H,3-7H2,1-2H3,(H,16,19). The van der Waals surface area contributed by atoms with E-state index >= 15 is 0 Å². The van der Waals surface area contributed by atoms with E-state index < -0.39 is 0 Å². The quantitative estimate of drug-likeness (QED) is 0.943. The molecule has 21 heavy (non-hydrogen) atoms. The molecule has 3 rings (SSSR count). The minimum Gasteiger partial charge on any atom is -0.352 e. The van der Waals surface area contributed by atoms with E-state index in [2.05, 4.69) is 10.3 Å². The van der Waals surface area contributed by atoms with Crippen molar-refractivity contribution in [3.8, 4) is 0 Å². The number of hydrogen-bond donors (Lipinski definition) is 1. The Balaban J connectivity index is 2.03. The summed E-state index contributed by atoms with van der Waals surface area (Å²) in [6, 6.07) is 0. The highest BCUT2D eigenvalue weighted by Crippen LogP contribution is 2.28. The molecule has 2 aromatic rings. The van der Waals surface area contributed by atoms with Crippen molar-refractivity contribution in [1.29, 1.82) is 0 Å². The lowest BCUT2D eigenvalue weighted by Crippen LogP contribution is -2.33. The van der Waals surface area contributed by atoms with Crippen LogP contribution in [-0.4, -0.2) is 21.8 Å². The molecule has 0 spiro atoms. The van der Waals surface area contributed by atoms with Crippen LogP contribution in [0.15, 0.2) is 11.0 Å². The zero-order valence-electron chi connectivity index (χ0n) is 12.3. The van der Waals surface area contributed by atoms with Crippen molar-refractivity contribution in [3.05, 3.63) is 32.7 Å². The second-order valence-electron chi connectivity index (χ2n) is 5.88. The maximum atomic E-state index is 12.6. The normalized spacial score (nSPS) is 14.4. The molecule has 5 nitrogen and oxygen atoms in total. The summed E-state index contributed by atoms with van der Waals surface area (Å²) in [5.74, 6) is 0.0219. The third kappa shape index (κ3) is 2.60. The van der Waals surface area contributed by atoms with Gasteiger partial charge in [-0.3, -0.25) is 14.0 Å². The zero-order valence-corrected chi connectivity index (χ0v) is 13.1. The van der Waals surface area contributed by atoms with E-state index in [0.717, 1.165) is 31.4 Å². The number of rotatable bonds is 3. The van der Waals surface area contributed by atoms with Crippen molar-refractivity contribution in [2.24, 2.45) is 5.92 Å². The third-order valence-corrected chi connectivity index (χ3v) is 4.87. The summed E-state index contributed by atoms with van der Waals surface area (Å²) in [6.45, 7) is 4.59. The fraction of sp³-hybridized carbons (Fsp3) is 0.533. The van der Waals surface area contributed by atoms with Crippen LogP contribution in [0, 0.1) is 5.92 Å². The smallest absolute Gasteiger partial charge is 0.271 e. The Morgan fingerprint density at radius 1 is 1.43 bits per heavy atom. The van der Waals surface area contributed by atoms with Crippen LogP contribution < -0.4 is 10.9 Å². The molecular weight excluding hydrogens is 286 g/mol. The average Bonchev–Trinajstić information content (AvgIpc) is 2.84. The van der Waals surface area contributed by atoms with Gasteiger partial charge in [0.05, 0.1) is 0 Å². The van der Waals surface area contributed by atoms with Crippen LogP contribution in [0.25, 0.3) is 4.96 Å². The Morgan fingerprint density at radius 3 is 2.95 bits per heavy atom. The summed E-state index contributed by atoms with van der Waals surface area (Å²) in [4.78, 5) is 31.0. The third-order valence-electron chi connectivity index (χ3n) is 3.72. The van der Waals surface area contributed by atoms with E-state index in [-0.39, 0.29) is 17.0 Å². The highest BCUT2D eigenvalue weighted by Gasteiger charge is 2.21. The average molecular weight is 305 g/mol. The summed E-state index contributed by atoms with van der Waals surface area (Å²) >= 11 is 1.57. The van der Waals surface area contributed by atoms with Crippen LogP contribution in [-0.2, 0) is 12.8 Å². The molecule has 2 heterocycles. The molecule has 1 aliphatic carbocycles. The van der Waals surface area contributed by atoms with Gasteiger partial charge < -0.3 is 5.32 Å². The van der Waals surface area contributed by atoms with E-state index in [4.69, 9.17) is 0 Å². The van der Waals surface area contributed by atoms with E-state index in [9.17, 15) is 9.59 Å². The fourth-order valence-electron chi connectivity index (χ4n) is 2.62. The highest BCUT2D eigenvalue weighted by molar-refractivity contribution is 7.17. The molecule has 0 fully saturated rings. The van der Waals surface area contributed by atoms with Crippen LogP contribution in [0.5, 0.6) is 0 Å². The van der Waals surface area contributed by atoms with Crippen LogP contribution in [0.2, 0.25) is 0 Å². The van der Waals surface area contributed by atoms with Crippen molar-refractivity contribution in [2.45, 2.75) is 39.5 Å². The predicted octanol–water partition coefficient (Wildman–Crippen LogP) is 2.02. The Hall–Kier alpha value is -1.69. The van der Waals surface area contributed by atoms with Crippen molar-refractivity contribution < 1.29 is 4.79 Å². The van der Waals surface area contributed by atoms with Gasteiger partial charge in [0.1, 0.15) is 5.56 Å². The van der Waals surface area contributed by atoms with Gasteiger partial charge in [0, 0.05) is 23.3 Å². The number of carbonyl (C=O) groups excluding carboxylic acids is 1. The molecule has 6 heteroatoms. The molecule has 0 aromatic carbocycles. The monoisotopic (exact) mass is 305 g/mol. The van der Waals surface area contributed by atoms with E-state index in [0.29, 0.717) is 17.4 Å². The Labute approximate surface area is 127 Å². The van der Waals surface area contributed by atoms with Gasteiger partial charge in [-0.25, -0.2) is 4.98 Å². The molecule has 1 aliphatic rings. The molecule has 0 unspecified atom stereocenters. The summed E-state index contributed by atoms with van der Waals surface area (Å²) in [5.41, 5.74) is 0.956. The molecular formula is C15H19N3O2S. The first-order valence-electron chi connectivity index (χ1n) is 7.38. The number of nitrogens with one attached hydrogen (secondary N) is 1. The first-order chi connectivity index (χ1) is 10.1. The summed E-state index contributed by atoms with van der Waals surface area (Å²) in [6.07, 6.45) is 5.58. The van der Waals surface area contributed by atoms with E-state index in [1.165, 1.54) is 11.1 Å². The molecule has 1 N–H and O–H groups in total. The number of carbonyl (C=O) groups is 1. The summed E-state index contributed by atoms with van der Waals surface area (Å²) < 4.78 is 1.64. The minimum atomic E-state index is -0.327. The molecule has 0 saturated carbocycles. The predicted molar refractivity (Wildman–Crippen MR) is 83.2 cm³/mol. The lowest BCUT2D eigenvalue weighted by molar-refractivity contribution is 0.0947. The molecule has 0 radical (unpaired) electrons. The Bertz CT molecular complexity index is 745. The minimum absolute atomic E-state index is 0.138. The number of nitrogens with zero attached hydrogens (tertiary/aromatic N) is 2. The maximum absolute atomic E-state index is 12.6. The number of amides is 1. The lowest BCUT2D eigenvalue weighted by atomic mass is 10.0. The second kappa shape index (κ2) is 5.60. The zero-order chi connectivity index (χ0) is 15.0. The van der Waals surface area contributed by atoms with E-state index in [1.807, 2.05) is 13.8 Å². The van der Waals surface area contributed by atoms with Gasteiger partial charge >= 0.3 is 0 Å². The number of thiazole rings is 1. The first kappa shape index (κ1) is 14.3. The lowest BCUT2D eigenvalue weighted by Gasteiger charge is -2.11. The molecule has 0 saturated heterocycles. The molecule has 1 amide bonds.